The second kappa shape index (κ2) is 3.41. The Bertz CT molecular complexity index is 252. The van der Waals surface area contributed by atoms with Crippen LogP contribution in [-0.2, 0) is 6.54 Å². The Morgan fingerprint density at radius 1 is 1.36 bits per heavy atom. The summed E-state index contributed by atoms with van der Waals surface area (Å²) < 4.78 is 25.0. The molecule has 1 aromatic carbocycles. The highest BCUT2D eigenvalue weighted by Gasteiger charge is 2.01. The largest absolute Gasteiger partial charge is 0.316 e. The predicted octanol–water partition coefficient (Wildman–Crippen LogP) is 1.44. The van der Waals surface area contributed by atoms with Gasteiger partial charge in [-0.25, -0.2) is 14.3 Å². The lowest BCUT2D eigenvalue weighted by atomic mass is 10.2. The van der Waals surface area contributed by atoms with Crippen molar-refractivity contribution in [2.45, 2.75) is 6.54 Å². The fourth-order valence-corrected chi connectivity index (χ4v) is 0.764. The molecule has 1 rings (SSSR count). The van der Waals surface area contributed by atoms with Gasteiger partial charge in [0.1, 0.15) is 11.6 Å². The molecule has 0 spiro atoms. The number of halogens is 2. The molecule has 2 nitrogen and oxygen atoms in total. The Kier molecular flexibility index (Phi) is 2.51. The van der Waals surface area contributed by atoms with E-state index in [0.717, 1.165) is 18.2 Å². The molecule has 60 valence electrons. The Hall–Kier alpha value is -1.00. The Morgan fingerprint density at radius 3 is 2.73 bits per heavy atom. The first-order chi connectivity index (χ1) is 5.24. The van der Waals surface area contributed by atoms with E-state index < -0.39 is 11.6 Å². The van der Waals surface area contributed by atoms with Crippen molar-refractivity contribution in [2.24, 2.45) is 0 Å². The smallest absolute Gasteiger partial charge is 0.127 e. The lowest BCUT2D eigenvalue weighted by Gasteiger charge is -1.99. The molecular formula is C7H7F2NO. The average molecular weight is 159 g/mol. The Morgan fingerprint density at radius 2 is 2.09 bits per heavy atom. The Labute approximate surface area is 62.4 Å². The van der Waals surface area contributed by atoms with Crippen LogP contribution in [0.25, 0.3) is 0 Å². The fourth-order valence-electron chi connectivity index (χ4n) is 0.764. The molecule has 0 unspecified atom stereocenters. The minimum atomic E-state index is -0.534. The van der Waals surface area contributed by atoms with Gasteiger partial charge in [-0.3, -0.25) is 0 Å². The molecule has 0 saturated carbocycles. The van der Waals surface area contributed by atoms with E-state index in [-0.39, 0.29) is 12.1 Å². The van der Waals surface area contributed by atoms with Crippen molar-refractivity contribution in [3.8, 4) is 0 Å². The molecule has 11 heavy (non-hydrogen) atoms. The lowest BCUT2D eigenvalue weighted by Crippen LogP contribution is -2.08. The summed E-state index contributed by atoms with van der Waals surface area (Å²) in [4.78, 5) is 0. The van der Waals surface area contributed by atoms with Gasteiger partial charge in [-0.15, -0.1) is 0 Å². The maximum absolute atomic E-state index is 12.6. The summed E-state index contributed by atoms with van der Waals surface area (Å²) in [6.45, 7) is -0.0937. The van der Waals surface area contributed by atoms with Gasteiger partial charge in [-0.1, -0.05) is 0 Å². The predicted molar refractivity (Wildman–Crippen MR) is 35.0 cm³/mol. The number of benzene rings is 1. The van der Waals surface area contributed by atoms with E-state index in [1.807, 2.05) is 0 Å². The van der Waals surface area contributed by atoms with Crippen LogP contribution in [-0.4, -0.2) is 5.21 Å². The molecule has 0 atom stereocenters. The molecule has 0 fully saturated rings. The summed E-state index contributed by atoms with van der Waals surface area (Å²) >= 11 is 0. The molecule has 0 bridgehead atoms. The normalized spacial score (nSPS) is 10.1. The molecule has 0 amide bonds. The van der Waals surface area contributed by atoms with E-state index in [0.29, 0.717) is 0 Å². The van der Waals surface area contributed by atoms with E-state index in [9.17, 15) is 8.78 Å². The quantitative estimate of drug-likeness (QED) is 0.640. The van der Waals surface area contributed by atoms with Crippen LogP contribution in [0.5, 0.6) is 0 Å². The molecule has 1 aromatic rings. The number of hydroxylamine groups is 1. The third-order valence-electron chi connectivity index (χ3n) is 1.28. The zero-order chi connectivity index (χ0) is 8.27. The standard InChI is InChI=1S/C7H7F2NO/c8-6-1-2-7(9)5(3-6)4-10-11/h1-3,10-11H,4H2. The van der Waals surface area contributed by atoms with Crippen molar-refractivity contribution in [3.63, 3.8) is 0 Å². The van der Waals surface area contributed by atoms with Gasteiger partial charge in [-0.2, -0.15) is 0 Å². The van der Waals surface area contributed by atoms with Crippen molar-refractivity contribution < 1.29 is 14.0 Å². The number of hydrogen-bond acceptors (Lipinski definition) is 2. The van der Waals surface area contributed by atoms with Crippen LogP contribution in [0.2, 0.25) is 0 Å². The Balaban J connectivity index is 2.93. The third-order valence-corrected chi connectivity index (χ3v) is 1.28. The van der Waals surface area contributed by atoms with Crippen LogP contribution >= 0.6 is 0 Å². The molecular weight excluding hydrogens is 152 g/mol. The highest BCUT2D eigenvalue weighted by molar-refractivity contribution is 5.18. The number of nitrogens with one attached hydrogen (secondary N) is 1. The van der Waals surface area contributed by atoms with E-state index >= 15 is 0 Å². The summed E-state index contributed by atoms with van der Waals surface area (Å²) in [5.41, 5.74) is 1.85. The fraction of sp³-hybridized carbons (Fsp3) is 0.143. The van der Waals surface area contributed by atoms with Crippen LogP contribution < -0.4 is 5.48 Å². The molecule has 0 aliphatic carbocycles. The molecule has 0 aliphatic rings. The van der Waals surface area contributed by atoms with Crippen molar-refractivity contribution in [1.29, 1.82) is 0 Å². The van der Waals surface area contributed by atoms with Crippen LogP contribution in [0.1, 0.15) is 5.56 Å². The van der Waals surface area contributed by atoms with E-state index in [4.69, 9.17) is 5.21 Å². The van der Waals surface area contributed by atoms with Gasteiger partial charge in [0.15, 0.2) is 0 Å². The van der Waals surface area contributed by atoms with Gasteiger partial charge in [0.2, 0.25) is 0 Å². The monoisotopic (exact) mass is 159 g/mol. The SMILES string of the molecule is ONCc1cc(F)ccc1F. The zero-order valence-corrected chi connectivity index (χ0v) is 5.64. The summed E-state index contributed by atoms with van der Waals surface area (Å²) in [5.74, 6) is -1.05. The first-order valence-electron chi connectivity index (χ1n) is 3.05. The maximum Gasteiger partial charge on any atom is 0.127 e. The van der Waals surface area contributed by atoms with E-state index in [1.54, 1.807) is 5.48 Å². The third kappa shape index (κ3) is 1.96. The number of hydrogen-bond donors (Lipinski definition) is 2. The van der Waals surface area contributed by atoms with Crippen LogP contribution in [0, 0.1) is 11.6 Å². The molecule has 4 heteroatoms. The van der Waals surface area contributed by atoms with Crippen LogP contribution in [0.3, 0.4) is 0 Å². The van der Waals surface area contributed by atoms with Crippen LogP contribution in [0.4, 0.5) is 8.78 Å². The van der Waals surface area contributed by atoms with Crippen molar-refractivity contribution >= 4 is 0 Å². The molecule has 0 heterocycles. The van der Waals surface area contributed by atoms with Crippen LogP contribution in [0.15, 0.2) is 18.2 Å². The second-order valence-electron chi connectivity index (χ2n) is 2.07. The van der Waals surface area contributed by atoms with Gasteiger partial charge in [-0.05, 0) is 18.2 Å². The van der Waals surface area contributed by atoms with Crippen molar-refractivity contribution in [3.05, 3.63) is 35.4 Å². The molecule has 2 N–H and O–H groups in total. The summed E-state index contributed by atoms with van der Waals surface area (Å²) in [7, 11) is 0. The van der Waals surface area contributed by atoms with Gasteiger partial charge in [0.05, 0.1) is 0 Å². The van der Waals surface area contributed by atoms with E-state index in [1.165, 1.54) is 0 Å². The second-order valence-corrected chi connectivity index (χ2v) is 2.07. The molecule has 0 radical (unpaired) electrons. The lowest BCUT2D eigenvalue weighted by molar-refractivity contribution is 0.160. The first-order valence-corrected chi connectivity index (χ1v) is 3.05. The molecule has 0 aliphatic heterocycles. The van der Waals surface area contributed by atoms with Gasteiger partial charge in [0.25, 0.3) is 0 Å². The average Bonchev–Trinajstić information content (AvgIpc) is 1.98. The highest BCUT2D eigenvalue weighted by Crippen LogP contribution is 2.08. The van der Waals surface area contributed by atoms with Crippen molar-refractivity contribution in [2.75, 3.05) is 0 Å². The zero-order valence-electron chi connectivity index (χ0n) is 5.64. The minimum Gasteiger partial charge on any atom is -0.316 e. The summed E-state index contributed by atoms with van der Waals surface area (Å²) in [6.07, 6.45) is 0. The number of rotatable bonds is 2. The molecule has 0 saturated heterocycles. The minimum absolute atomic E-state index is 0.0937. The first kappa shape index (κ1) is 8.10. The van der Waals surface area contributed by atoms with Crippen molar-refractivity contribution in [1.82, 2.24) is 5.48 Å². The molecule has 0 aromatic heterocycles. The summed E-state index contributed by atoms with van der Waals surface area (Å²) in [5, 5.41) is 8.20. The van der Waals surface area contributed by atoms with Gasteiger partial charge >= 0.3 is 0 Å². The van der Waals surface area contributed by atoms with E-state index in [2.05, 4.69) is 0 Å². The highest BCUT2D eigenvalue weighted by atomic mass is 19.1. The van der Waals surface area contributed by atoms with Gasteiger partial charge in [0, 0.05) is 12.1 Å². The maximum atomic E-state index is 12.6. The summed E-state index contributed by atoms with van der Waals surface area (Å²) in [6, 6.07) is 3.07. The van der Waals surface area contributed by atoms with Gasteiger partial charge < -0.3 is 5.21 Å². The topological polar surface area (TPSA) is 32.3 Å².